The van der Waals surface area contributed by atoms with Crippen molar-refractivity contribution in [3.05, 3.63) is 35.4 Å². The molecular weight excluding hydrogens is 248 g/mol. The van der Waals surface area contributed by atoms with Crippen molar-refractivity contribution >= 4 is 5.97 Å². The molecule has 20 heavy (non-hydrogen) atoms. The lowest BCUT2D eigenvalue weighted by Gasteiger charge is -2.26. The van der Waals surface area contributed by atoms with Gasteiger partial charge in [-0.2, -0.15) is 0 Å². The van der Waals surface area contributed by atoms with Gasteiger partial charge in [0.2, 0.25) is 0 Å². The van der Waals surface area contributed by atoms with E-state index in [4.69, 9.17) is 0 Å². The predicted molar refractivity (Wildman–Crippen MR) is 79.7 cm³/mol. The van der Waals surface area contributed by atoms with Crippen LogP contribution in [0, 0.1) is 17.3 Å². The smallest absolute Gasteiger partial charge is 0.309 e. The number of benzene rings is 1. The molecule has 0 amide bonds. The van der Waals surface area contributed by atoms with E-state index >= 15 is 0 Å². The fourth-order valence-electron chi connectivity index (χ4n) is 3.81. The Bertz CT molecular complexity index is 511. The van der Waals surface area contributed by atoms with Gasteiger partial charge in [0.1, 0.15) is 0 Å². The summed E-state index contributed by atoms with van der Waals surface area (Å²) in [5.74, 6) is 0.796. The van der Waals surface area contributed by atoms with E-state index in [0.717, 1.165) is 12.8 Å². The maximum absolute atomic E-state index is 11.7. The van der Waals surface area contributed by atoms with Crippen molar-refractivity contribution in [2.75, 3.05) is 0 Å². The second-order valence-electron chi connectivity index (χ2n) is 7.87. The van der Waals surface area contributed by atoms with Crippen molar-refractivity contribution in [3.8, 4) is 0 Å². The molecule has 2 nitrogen and oxygen atoms in total. The molecule has 1 aromatic rings. The largest absolute Gasteiger partial charge is 0.481 e. The second-order valence-corrected chi connectivity index (χ2v) is 7.87. The van der Waals surface area contributed by atoms with Gasteiger partial charge in [0.15, 0.2) is 0 Å². The van der Waals surface area contributed by atoms with Gasteiger partial charge in [-0.15, -0.1) is 0 Å². The van der Waals surface area contributed by atoms with Crippen molar-refractivity contribution in [2.24, 2.45) is 17.3 Å². The molecule has 2 atom stereocenters. The lowest BCUT2D eigenvalue weighted by atomic mass is 9.77. The summed E-state index contributed by atoms with van der Waals surface area (Å²) in [5.41, 5.74) is 2.14. The monoisotopic (exact) mass is 272 g/mol. The summed E-state index contributed by atoms with van der Waals surface area (Å²) in [6.07, 6.45) is 3.72. The SMILES string of the molecule is CC(C)(C)c1ccc(CC2(C(=O)O)CC3CC3C2)cc1. The van der Waals surface area contributed by atoms with Gasteiger partial charge in [0.05, 0.1) is 5.41 Å². The first-order chi connectivity index (χ1) is 9.30. The van der Waals surface area contributed by atoms with Gasteiger partial charge >= 0.3 is 5.97 Å². The number of hydrogen-bond donors (Lipinski definition) is 1. The molecule has 1 aromatic carbocycles. The third-order valence-corrected chi connectivity index (χ3v) is 5.19. The number of fused-ring (bicyclic) bond motifs is 1. The Morgan fingerprint density at radius 3 is 2.20 bits per heavy atom. The quantitative estimate of drug-likeness (QED) is 0.902. The summed E-state index contributed by atoms with van der Waals surface area (Å²) < 4.78 is 0. The van der Waals surface area contributed by atoms with E-state index in [0.29, 0.717) is 18.3 Å². The first-order valence-electron chi connectivity index (χ1n) is 7.63. The zero-order valence-electron chi connectivity index (χ0n) is 12.6. The lowest BCUT2D eigenvalue weighted by molar-refractivity contribution is -0.149. The molecule has 0 aliphatic heterocycles. The Balaban J connectivity index is 1.78. The maximum atomic E-state index is 11.7. The second kappa shape index (κ2) is 4.34. The number of carboxylic acids is 1. The molecule has 0 radical (unpaired) electrons. The van der Waals surface area contributed by atoms with Crippen molar-refractivity contribution in [1.82, 2.24) is 0 Å². The Kier molecular flexibility index (Phi) is 2.97. The van der Waals surface area contributed by atoms with Crippen molar-refractivity contribution in [3.63, 3.8) is 0 Å². The van der Waals surface area contributed by atoms with Crippen LogP contribution in [0.2, 0.25) is 0 Å². The van der Waals surface area contributed by atoms with E-state index in [1.165, 1.54) is 17.5 Å². The molecule has 0 spiro atoms. The summed E-state index contributed by atoms with van der Waals surface area (Å²) in [6, 6.07) is 8.55. The average Bonchev–Trinajstić information content (AvgIpc) is 2.97. The molecule has 0 heterocycles. The Morgan fingerprint density at radius 2 is 1.75 bits per heavy atom. The summed E-state index contributed by atoms with van der Waals surface area (Å²) in [5, 5.41) is 9.65. The summed E-state index contributed by atoms with van der Waals surface area (Å²) in [7, 11) is 0. The number of aliphatic carboxylic acids is 1. The third-order valence-electron chi connectivity index (χ3n) is 5.19. The minimum atomic E-state index is -0.593. The average molecular weight is 272 g/mol. The van der Waals surface area contributed by atoms with Gasteiger partial charge in [-0.1, -0.05) is 45.0 Å². The van der Waals surface area contributed by atoms with Gasteiger partial charge in [-0.25, -0.2) is 0 Å². The van der Waals surface area contributed by atoms with Crippen LogP contribution in [-0.4, -0.2) is 11.1 Å². The molecule has 3 rings (SSSR count). The van der Waals surface area contributed by atoms with Gasteiger partial charge in [-0.05, 0) is 54.1 Å². The van der Waals surface area contributed by atoms with Gasteiger partial charge in [0.25, 0.3) is 0 Å². The molecular formula is C18H24O2. The van der Waals surface area contributed by atoms with Crippen molar-refractivity contribution < 1.29 is 9.90 Å². The summed E-state index contributed by atoms with van der Waals surface area (Å²) in [6.45, 7) is 6.60. The van der Waals surface area contributed by atoms with Gasteiger partial charge < -0.3 is 5.11 Å². The normalized spacial score (nSPS) is 31.9. The van der Waals surface area contributed by atoms with Crippen molar-refractivity contribution in [2.45, 2.75) is 51.9 Å². The maximum Gasteiger partial charge on any atom is 0.309 e. The fraction of sp³-hybridized carbons (Fsp3) is 0.611. The van der Waals surface area contributed by atoms with Gasteiger partial charge in [-0.3, -0.25) is 4.79 Å². The minimum absolute atomic E-state index is 0.151. The number of hydrogen-bond acceptors (Lipinski definition) is 1. The fourth-order valence-corrected chi connectivity index (χ4v) is 3.81. The van der Waals surface area contributed by atoms with E-state index in [-0.39, 0.29) is 5.41 Å². The van der Waals surface area contributed by atoms with Gasteiger partial charge in [0, 0.05) is 0 Å². The van der Waals surface area contributed by atoms with Crippen LogP contribution in [0.25, 0.3) is 0 Å². The van der Waals surface area contributed by atoms with E-state index in [1.54, 1.807) is 0 Å². The zero-order chi connectivity index (χ0) is 14.5. The van der Waals surface area contributed by atoms with Crippen LogP contribution in [-0.2, 0) is 16.6 Å². The number of carbonyl (C=O) groups is 1. The molecule has 2 heteroatoms. The number of rotatable bonds is 3. The highest BCUT2D eigenvalue weighted by Crippen LogP contribution is 2.60. The summed E-state index contributed by atoms with van der Waals surface area (Å²) in [4.78, 5) is 11.7. The van der Waals surface area contributed by atoms with Crippen LogP contribution in [0.3, 0.4) is 0 Å². The van der Waals surface area contributed by atoms with Crippen LogP contribution in [0.4, 0.5) is 0 Å². The van der Waals surface area contributed by atoms with E-state index in [9.17, 15) is 9.90 Å². The van der Waals surface area contributed by atoms with Crippen LogP contribution in [0.5, 0.6) is 0 Å². The van der Waals surface area contributed by atoms with Crippen molar-refractivity contribution in [1.29, 1.82) is 0 Å². The molecule has 2 saturated carbocycles. The first kappa shape index (κ1) is 13.7. The molecule has 2 unspecified atom stereocenters. The standard InChI is InChI=1S/C18H24O2/c1-17(2,3)15-6-4-12(5-7-15)9-18(16(19)20)10-13-8-14(13)11-18/h4-7,13-14H,8-11H2,1-3H3,(H,19,20). The first-order valence-corrected chi connectivity index (χ1v) is 7.63. The Labute approximate surface area is 121 Å². The van der Waals surface area contributed by atoms with E-state index < -0.39 is 11.4 Å². The topological polar surface area (TPSA) is 37.3 Å². The third kappa shape index (κ3) is 2.36. The molecule has 0 bridgehead atoms. The molecule has 0 saturated heterocycles. The van der Waals surface area contributed by atoms with Crippen LogP contribution < -0.4 is 0 Å². The molecule has 1 N–H and O–H groups in total. The number of carboxylic acid groups (broad SMARTS) is 1. The molecule has 2 aliphatic carbocycles. The van der Waals surface area contributed by atoms with Crippen LogP contribution >= 0.6 is 0 Å². The lowest BCUT2D eigenvalue weighted by Crippen LogP contribution is -2.32. The predicted octanol–water partition coefficient (Wildman–Crippen LogP) is 4.03. The molecule has 2 aliphatic rings. The zero-order valence-corrected chi connectivity index (χ0v) is 12.6. The highest BCUT2D eigenvalue weighted by atomic mass is 16.4. The minimum Gasteiger partial charge on any atom is -0.481 e. The van der Waals surface area contributed by atoms with Crippen LogP contribution in [0.1, 0.15) is 51.2 Å². The Hall–Kier alpha value is -1.31. The van der Waals surface area contributed by atoms with E-state index in [1.807, 2.05) is 0 Å². The molecule has 108 valence electrons. The highest BCUT2D eigenvalue weighted by molar-refractivity contribution is 5.76. The molecule has 2 fully saturated rings. The van der Waals surface area contributed by atoms with Crippen LogP contribution in [0.15, 0.2) is 24.3 Å². The molecule has 0 aromatic heterocycles. The Morgan fingerprint density at radius 1 is 1.20 bits per heavy atom. The van der Waals surface area contributed by atoms with E-state index in [2.05, 4.69) is 45.0 Å². The highest BCUT2D eigenvalue weighted by Gasteiger charge is 2.57. The summed E-state index contributed by atoms with van der Waals surface area (Å²) >= 11 is 0.